The molecule has 3 nitrogen and oxygen atoms in total. The predicted molar refractivity (Wildman–Crippen MR) is 38.8 cm³/mol. The minimum Gasteiger partial charge on any atom is -1.00 e. The summed E-state index contributed by atoms with van der Waals surface area (Å²) in [5.41, 5.74) is 0. The van der Waals surface area contributed by atoms with E-state index in [0.717, 1.165) is 39.3 Å². The van der Waals surface area contributed by atoms with Gasteiger partial charge < -0.3 is 53.2 Å². The summed E-state index contributed by atoms with van der Waals surface area (Å²) in [5, 5.41) is 10.8. The Kier molecular flexibility index (Phi) is 35.2. The Bertz CT molecular complexity index is 51.6. The van der Waals surface area contributed by atoms with Crippen LogP contribution in [0.3, 0.4) is 0 Å². The molecule has 1 saturated heterocycles. The normalized spacial score (nSPS) is 16.6. The quantitative estimate of drug-likeness (QED) is 0.433. The van der Waals surface area contributed by atoms with Gasteiger partial charge in [-0.2, -0.15) is 0 Å². The SMILES string of the molecule is C1CNCCNCC[N-]1.[Cl-].[Cl-].[Cl-].[Ti+4]. The number of halogens is 3. The van der Waals surface area contributed by atoms with Crippen LogP contribution in [0.5, 0.6) is 0 Å². The molecule has 78 valence electrons. The van der Waals surface area contributed by atoms with Crippen molar-refractivity contribution in [2.75, 3.05) is 39.3 Å². The molecule has 1 rings (SSSR count). The Balaban J connectivity index is -0.000000101. The first-order chi connectivity index (χ1) is 4.50. The van der Waals surface area contributed by atoms with Crippen LogP contribution in [-0.2, 0) is 21.7 Å². The predicted octanol–water partition coefficient (Wildman–Crippen LogP) is -9.44. The minimum atomic E-state index is 0. The van der Waals surface area contributed by atoms with E-state index in [1.807, 2.05) is 0 Å². The van der Waals surface area contributed by atoms with E-state index in [1.165, 1.54) is 0 Å². The van der Waals surface area contributed by atoms with Crippen LogP contribution in [0.4, 0.5) is 0 Å². The maximum absolute atomic E-state index is 4.27. The number of hydrogen-bond donors (Lipinski definition) is 2. The molecule has 13 heavy (non-hydrogen) atoms. The van der Waals surface area contributed by atoms with Gasteiger partial charge in [0.15, 0.2) is 0 Å². The largest absolute Gasteiger partial charge is 4.00 e. The zero-order valence-corrected chi connectivity index (χ0v) is 11.2. The van der Waals surface area contributed by atoms with Crippen molar-refractivity contribution in [2.24, 2.45) is 0 Å². The molecule has 1 aliphatic rings. The number of nitrogens with zero attached hydrogens (tertiary/aromatic N) is 1. The molecule has 0 aromatic carbocycles. The summed E-state index contributed by atoms with van der Waals surface area (Å²) in [4.78, 5) is 0. The fraction of sp³-hybridized carbons (Fsp3) is 1.00. The molecule has 0 spiro atoms. The zero-order chi connectivity index (χ0) is 6.36. The van der Waals surface area contributed by atoms with Gasteiger partial charge in [0.1, 0.15) is 0 Å². The molecular weight excluding hydrogens is 268 g/mol. The molecule has 0 aromatic rings. The fourth-order valence-electron chi connectivity index (χ4n) is 0.855. The van der Waals surface area contributed by atoms with Gasteiger partial charge in [0.2, 0.25) is 0 Å². The van der Waals surface area contributed by atoms with E-state index < -0.39 is 0 Å². The summed E-state index contributed by atoms with van der Waals surface area (Å²) in [6.45, 7) is 6.19. The molecule has 7 heteroatoms. The van der Waals surface area contributed by atoms with Crippen LogP contribution in [0.2, 0.25) is 0 Å². The molecule has 1 heterocycles. The first-order valence-corrected chi connectivity index (χ1v) is 3.55. The van der Waals surface area contributed by atoms with Gasteiger partial charge in [0, 0.05) is 13.1 Å². The number of rotatable bonds is 0. The average Bonchev–Trinajstić information content (AvgIpc) is 2.00. The minimum absolute atomic E-state index is 0. The van der Waals surface area contributed by atoms with E-state index in [0.29, 0.717) is 0 Å². The summed E-state index contributed by atoms with van der Waals surface area (Å²) < 4.78 is 0. The topological polar surface area (TPSA) is 38.2 Å². The average molecular weight is 282 g/mol. The molecule has 1 fully saturated rings. The second kappa shape index (κ2) is 19.1. The van der Waals surface area contributed by atoms with Crippen LogP contribution >= 0.6 is 0 Å². The summed E-state index contributed by atoms with van der Waals surface area (Å²) in [5.74, 6) is 0. The van der Waals surface area contributed by atoms with Crippen LogP contribution in [-0.4, -0.2) is 39.3 Å². The molecule has 2 N–H and O–H groups in total. The van der Waals surface area contributed by atoms with Crippen molar-refractivity contribution in [3.63, 3.8) is 0 Å². The maximum atomic E-state index is 4.27. The van der Waals surface area contributed by atoms with Gasteiger partial charge in [0.25, 0.3) is 0 Å². The van der Waals surface area contributed by atoms with E-state index in [-0.39, 0.29) is 58.9 Å². The third-order valence-electron chi connectivity index (χ3n) is 1.37. The summed E-state index contributed by atoms with van der Waals surface area (Å²) in [6.07, 6.45) is 0. The number of hydrogen-bond acceptors (Lipinski definition) is 2. The Hall–Kier alpha value is 1.46. The van der Waals surface area contributed by atoms with Crippen molar-refractivity contribution in [1.82, 2.24) is 10.6 Å². The van der Waals surface area contributed by atoms with Gasteiger partial charge in [0.05, 0.1) is 0 Å². The molecule has 0 bridgehead atoms. The van der Waals surface area contributed by atoms with E-state index in [2.05, 4.69) is 16.0 Å². The molecule has 0 aromatic heterocycles. The smallest absolute Gasteiger partial charge is 1.00 e. The van der Waals surface area contributed by atoms with Crippen molar-refractivity contribution in [3.8, 4) is 0 Å². The maximum Gasteiger partial charge on any atom is 4.00 e. The van der Waals surface area contributed by atoms with Gasteiger partial charge in [-0.25, -0.2) is 0 Å². The van der Waals surface area contributed by atoms with E-state index in [9.17, 15) is 0 Å². The first kappa shape index (κ1) is 23.9. The van der Waals surface area contributed by atoms with Crippen molar-refractivity contribution in [1.29, 1.82) is 0 Å². The Morgan fingerprint density at radius 2 is 1.08 bits per heavy atom. The van der Waals surface area contributed by atoms with Crippen LogP contribution in [0.25, 0.3) is 5.32 Å². The van der Waals surface area contributed by atoms with Crippen molar-refractivity contribution in [2.45, 2.75) is 0 Å². The van der Waals surface area contributed by atoms with Crippen LogP contribution < -0.4 is 47.9 Å². The summed E-state index contributed by atoms with van der Waals surface area (Å²) >= 11 is 0. The summed E-state index contributed by atoms with van der Waals surface area (Å²) in [6, 6.07) is 0. The number of nitrogens with one attached hydrogen (secondary N) is 2. The standard InChI is InChI=1S/C6H14N3.3ClH.Ti/c1-2-8-5-6-9-4-3-7-1;;;;/h7-8H,1-6H2;3*1H;/q-1;;;;+4/p-3. The zero-order valence-electron chi connectivity index (χ0n) is 7.32. The molecular formula is C6H14Cl3N3Ti. The Morgan fingerprint density at radius 1 is 0.692 bits per heavy atom. The van der Waals surface area contributed by atoms with Gasteiger partial charge in [-0.3, -0.25) is 0 Å². The Labute approximate surface area is 114 Å². The van der Waals surface area contributed by atoms with Gasteiger partial charge >= 0.3 is 21.7 Å². The molecule has 0 aliphatic carbocycles. The molecule has 0 saturated carbocycles. The second-order valence-corrected chi connectivity index (χ2v) is 2.17. The van der Waals surface area contributed by atoms with E-state index in [4.69, 9.17) is 0 Å². The van der Waals surface area contributed by atoms with Crippen LogP contribution in [0.1, 0.15) is 0 Å². The Morgan fingerprint density at radius 3 is 1.46 bits per heavy atom. The van der Waals surface area contributed by atoms with Gasteiger partial charge in [-0.15, -0.1) is 13.1 Å². The first-order valence-electron chi connectivity index (χ1n) is 3.55. The molecule has 1 aliphatic heterocycles. The van der Waals surface area contributed by atoms with Crippen molar-refractivity contribution >= 4 is 0 Å². The fourth-order valence-corrected chi connectivity index (χ4v) is 0.855. The molecule has 0 unspecified atom stereocenters. The second-order valence-electron chi connectivity index (χ2n) is 2.17. The molecule has 0 radical (unpaired) electrons. The van der Waals surface area contributed by atoms with Gasteiger partial charge in [-0.05, 0) is 13.1 Å². The molecule has 0 atom stereocenters. The summed E-state index contributed by atoms with van der Waals surface area (Å²) in [7, 11) is 0. The van der Waals surface area contributed by atoms with E-state index in [1.54, 1.807) is 0 Å². The third-order valence-corrected chi connectivity index (χ3v) is 1.37. The third kappa shape index (κ3) is 16.2. The van der Waals surface area contributed by atoms with Crippen LogP contribution in [0.15, 0.2) is 0 Å². The molecule has 0 amide bonds. The van der Waals surface area contributed by atoms with Gasteiger partial charge in [-0.1, -0.05) is 0 Å². The monoisotopic (exact) mass is 281 g/mol. The van der Waals surface area contributed by atoms with Crippen LogP contribution in [0, 0.1) is 0 Å². The van der Waals surface area contributed by atoms with Crippen molar-refractivity contribution in [3.05, 3.63) is 5.32 Å². The van der Waals surface area contributed by atoms with Crippen molar-refractivity contribution < 1.29 is 58.9 Å². The van der Waals surface area contributed by atoms with E-state index >= 15 is 0 Å².